The molecule has 0 N–H and O–H groups in total. The Labute approximate surface area is 189 Å². The highest BCUT2D eigenvalue weighted by molar-refractivity contribution is 5.71. The van der Waals surface area contributed by atoms with Crippen LogP contribution in [0.2, 0.25) is 0 Å². The Bertz CT molecular complexity index is 1500. The van der Waals surface area contributed by atoms with Gasteiger partial charge in [-0.15, -0.1) is 0 Å². The third kappa shape index (κ3) is 3.59. The molecule has 1 aliphatic heterocycles. The van der Waals surface area contributed by atoms with E-state index in [-0.39, 0.29) is 5.82 Å². The van der Waals surface area contributed by atoms with Crippen LogP contribution in [-0.2, 0) is 12.8 Å². The summed E-state index contributed by atoms with van der Waals surface area (Å²) in [6.07, 6.45) is 12.0. The third-order valence-corrected chi connectivity index (χ3v) is 5.87. The van der Waals surface area contributed by atoms with Crippen LogP contribution in [0.1, 0.15) is 23.7 Å². The molecular weight excluding hydrogens is 417 g/mol. The monoisotopic (exact) mass is 437 g/mol. The summed E-state index contributed by atoms with van der Waals surface area (Å²) in [7, 11) is 0. The summed E-state index contributed by atoms with van der Waals surface area (Å²) in [4.78, 5) is 17.3. The van der Waals surface area contributed by atoms with Gasteiger partial charge in [-0.2, -0.15) is 5.10 Å². The SMILES string of the molecule is CC1C=Nc2ccc(Cc3cnc4ncc(-c5ccc(-n6ccnc6)c(F)c5)nn34)cc2C1. The summed E-state index contributed by atoms with van der Waals surface area (Å²) in [6.45, 7) is 2.17. The number of halogens is 1. The van der Waals surface area contributed by atoms with Crippen molar-refractivity contribution in [2.75, 3.05) is 0 Å². The van der Waals surface area contributed by atoms with Gasteiger partial charge in [0.25, 0.3) is 5.78 Å². The Morgan fingerprint density at radius 1 is 1.09 bits per heavy atom. The van der Waals surface area contributed by atoms with E-state index in [0.717, 1.165) is 17.8 Å². The van der Waals surface area contributed by atoms with E-state index in [1.807, 2.05) is 12.3 Å². The molecule has 1 unspecified atom stereocenters. The molecule has 0 amide bonds. The van der Waals surface area contributed by atoms with Crippen molar-refractivity contribution in [3.63, 3.8) is 0 Å². The van der Waals surface area contributed by atoms with E-state index in [1.54, 1.807) is 46.3 Å². The second-order valence-electron chi connectivity index (χ2n) is 8.34. The highest BCUT2D eigenvalue weighted by Gasteiger charge is 2.14. The number of hydrogen-bond acceptors (Lipinski definition) is 5. The lowest BCUT2D eigenvalue weighted by Gasteiger charge is -2.15. The minimum Gasteiger partial charge on any atom is -0.303 e. The highest BCUT2D eigenvalue weighted by atomic mass is 19.1. The first-order valence-corrected chi connectivity index (χ1v) is 10.8. The zero-order chi connectivity index (χ0) is 22.4. The molecule has 2 aromatic carbocycles. The van der Waals surface area contributed by atoms with E-state index in [4.69, 9.17) is 5.10 Å². The molecule has 0 bridgehead atoms. The molecular formula is C25H20FN7. The van der Waals surface area contributed by atoms with E-state index < -0.39 is 0 Å². The fourth-order valence-electron chi connectivity index (χ4n) is 4.20. The minimum atomic E-state index is -0.357. The molecule has 0 radical (unpaired) electrons. The average Bonchev–Trinajstić information content (AvgIpc) is 3.49. The first kappa shape index (κ1) is 19.5. The van der Waals surface area contributed by atoms with E-state index in [0.29, 0.717) is 35.1 Å². The average molecular weight is 437 g/mol. The fraction of sp³-hybridized carbons (Fsp3) is 0.160. The number of imidazole rings is 2. The largest absolute Gasteiger partial charge is 0.303 e. The molecule has 4 heterocycles. The molecule has 1 aliphatic rings. The molecule has 7 nitrogen and oxygen atoms in total. The van der Waals surface area contributed by atoms with Crippen molar-refractivity contribution in [1.82, 2.24) is 29.1 Å². The summed E-state index contributed by atoms with van der Waals surface area (Å²) < 4.78 is 18.1. The molecule has 162 valence electrons. The van der Waals surface area contributed by atoms with Gasteiger partial charge in [0.2, 0.25) is 0 Å². The molecule has 0 spiro atoms. The first-order valence-electron chi connectivity index (χ1n) is 10.8. The van der Waals surface area contributed by atoms with Gasteiger partial charge in [-0.3, -0.25) is 4.99 Å². The molecule has 3 aromatic heterocycles. The number of benzene rings is 2. The van der Waals surface area contributed by atoms with E-state index in [9.17, 15) is 4.39 Å². The van der Waals surface area contributed by atoms with Crippen LogP contribution in [-0.4, -0.2) is 35.3 Å². The van der Waals surface area contributed by atoms with E-state index in [2.05, 4.69) is 45.1 Å². The van der Waals surface area contributed by atoms with Crippen LogP contribution in [0.15, 0.2) is 72.5 Å². The number of aromatic nitrogens is 6. The van der Waals surface area contributed by atoms with Gasteiger partial charge >= 0.3 is 0 Å². The van der Waals surface area contributed by atoms with Gasteiger partial charge in [0.05, 0.1) is 35.8 Å². The Balaban J connectivity index is 1.33. The maximum Gasteiger partial charge on any atom is 0.250 e. The summed E-state index contributed by atoms with van der Waals surface area (Å²) >= 11 is 0. The standard InChI is InChI=1S/C25H20FN7/c1-16-8-19-9-17(2-4-22(19)28-12-16)10-20-13-29-25-30-14-23(31-33(20)25)18-3-5-24(21(26)11-18)32-7-6-27-15-32/h2-7,9,11-16H,8,10H2,1H3. The maximum atomic E-state index is 14.8. The van der Waals surface area contributed by atoms with Gasteiger partial charge < -0.3 is 4.57 Å². The van der Waals surface area contributed by atoms with Crippen LogP contribution in [0.25, 0.3) is 22.7 Å². The molecule has 6 rings (SSSR count). The van der Waals surface area contributed by atoms with Crippen molar-refractivity contribution in [2.45, 2.75) is 19.8 Å². The quantitative estimate of drug-likeness (QED) is 0.412. The van der Waals surface area contributed by atoms with Crippen molar-refractivity contribution < 1.29 is 4.39 Å². The maximum absolute atomic E-state index is 14.8. The number of nitrogens with zero attached hydrogens (tertiary/aromatic N) is 7. The number of fused-ring (bicyclic) bond motifs is 2. The molecule has 1 atom stereocenters. The van der Waals surface area contributed by atoms with Crippen molar-refractivity contribution in [1.29, 1.82) is 0 Å². The highest BCUT2D eigenvalue weighted by Crippen LogP contribution is 2.28. The lowest BCUT2D eigenvalue weighted by Crippen LogP contribution is -2.07. The van der Waals surface area contributed by atoms with Crippen molar-refractivity contribution in [2.24, 2.45) is 10.9 Å². The van der Waals surface area contributed by atoms with Gasteiger partial charge in [0, 0.05) is 30.6 Å². The molecule has 0 fully saturated rings. The summed E-state index contributed by atoms with van der Waals surface area (Å²) in [5.41, 5.74) is 6.04. The van der Waals surface area contributed by atoms with Gasteiger partial charge in [0.1, 0.15) is 11.5 Å². The van der Waals surface area contributed by atoms with Gasteiger partial charge in [-0.25, -0.2) is 23.9 Å². The normalized spacial score (nSPS) is 15.2. The summed E-state index contributed by atoms with van der Waals surface area (Å²) in [6, 6.07) is 11.4. The lowest BCUT2D eigenvalue weighted by atomic mass is 9.95. The summed E-state index contributed by atoms with van der Waals surface area (Å²) in [5, 5.41) is 4.72. The Morgan fingerprint density at radius 2 is 2.00 bits per heavy atom. The second kappa shape index (κ2) is 7.74. The topological polar surface area (TPSA) is 73.3 Å². The van der Waals surface area contributed by atoms with Crippen LogP contribution in [0.5, 0.6) is 0 Å². The van der Waals surface area contributed by atoms with Crippen LogP contribution in [0.3, 0.4) is 0 Å². The number of aliphatic imine (C=N–C) groups is 1. The second-order valence-corrected chi connectivity index (χ2v) is 8.34. The zero-order valence-electron chi connectivity index (χ0n) is 17.9. The fourth-order valence-corrected chi connectivity index (χ4v) is 4.20. The molecule has 0 saturated heterocycles. The smallest absolute Gasteiger partial charge is 0.250 e. The predicted molar refractivity (Wildman–Crippen MR) is 124 cm³/mol. The van der Waals surface area contributed by atoms with Crippen LogP contribution >= 0.6 is 0 Å². The van der Waals surface area contributed by atoms with Crippen LogP contribution in [0, 0.1) is 11.7 Å². The zero-order valence-corrected chi connectivity index (χ0v) is 17.9. The Kier molecular flexibility index (Phi) is 4.57. The number of rotatable bonds is 4. The predicted octanol–water partition coefficient (Wildman–Crippen LogP) is 4.60. The molecule has 33 heavy (non-hydrogen) atoms. The first-order chi connectivity index (χ1) is 16.1. The van der Waals surface area contributed by atoms with Gasteiger partial charge in [-0.05, 0) is 41.7 Å². The number of hydrogen-bond donors (Lipinski definition) is 0. The van der Waals surface area contributed by atoms with E-state index >= 15 is 0 Å². The minimum absolute atomic E-state index is 0.357. The van der Waals surface area contributed by atoms with Crippen molar-refractivity contribution in [3.8, 4) is 16.9 Å². The van der Waals surface area contributed by atoms with Gasteiger partial charge in [0.15, 0.2) is 0 Å². The summed E-state index contributed by atoms with van der Waals surface area (Å²) in [5.74, 6) is 0.599. The van der Waals surface area contributed by atoms with E-state index in [1.165, 1.54) is 17.2 Å². The third-order valence-electron chi connectivity index (χ3n) is 5.87. The Hall–Kier alpha value is -4.20. The van der Waals surface area contributed by atoms with Crippen molar-refractivity contribution >= 4 is 17.7 Å². The molecule has 0 saturated carbocycles. The lowest BCUT2D eigenvalue weighted by molar-refractivity contribution is 0.618. The molecule has 8 heteroatoms. The molecule has 0 aliphatic carbocycles. The molecule has 5 aromatic rings. The van der Waals surface area contributed by atoms with Crippen LogP contribution in [0.4, 0.5) is 10.1 Å². The van der Waals surface area contributed by atoms with Crippen LogP contribution < -0.4 is 0 Å². The van der Waals surface area contributed by atoms with Gasteiger partial charge in [-0.1, -0.05) is 25.1 Å². The Morgan fingerprint density at radius 3 is 2.85 bits per heavy atom. The van der Waals surface area contributed by atoms with Crippen molar-refractivity contribution in [3.05, 3.63) is 90.2 Å².